The number of rotatable bonds is 4. The van der Waals surface area contributed by atoms with E-state index in [0.717, 1.165) is 12.3 Å². The molecule has 0 radical (unpaired) electrons. The summed E-state index contributed by atoms with van der Waals surface area (Å²) in [7, 11) is 0. The van der Waals surface area contributed by atoms with Crippen LogP contribution in [0.1, 0.15) is 5.76 Å². The summed E-state index contributed by atoms with van der Waals surface area (Å²) in [6.07, 6.45) is 1.51. The van der Waals surface area contributed by atoms with Crippen LogP contribution in [-0.2, 0) is 6.54 Å². The molecule has 0 aromatic carbocycles. The summed E-state index contributed by atoms with van der Waals surface area (Å²) in [6.45, 7) is 2.11. The number of halogens is 1. The summed E-state index contributed by atoms with van der Waals surface area (Å²) in [4.78, 5) is 0. The molecule has 0 unspecified atom stereocenters. The molecule has 0 aliphatic carbocycles. The van der Waals surface area contributed by atoms with Crippen molar-refractivity contribution in [3.05, 3.63) is 23.1 Å². The minimum absolute atomic E-state index is 0.633. The van der Waals surface area contributed by atoms with E-state index in [1.807, 2.05) is 0 Å². The van der Waals surface area contributed by atoms with Gasteiger partial charge in [0, 0.05) is 13.1 Å². The lowest BCUT2D eigenvalue weighted by atomic mass is 10.4. The molecule has 3 nitrogen and oxygen atoms in total. The van der Waals surface area contributed by atoms with E-state index < -0.39 is 0 Å². The van der Waals surface area contributed by atoms with E-state index in [-0.39, 0.29) is 0 Å². The molecule has 1 heterocycles. The molecule has 62 valence electrons. The van der Waals surface area contributed by atoms with Gasteiger partial charge in [-0.05, 0) is 6.07 Å². The molecule has 0 fully saturated rings. The first-order valence-corrected chi connectivity index (χ1v) is 3.84. The van der Waals surface area contributed by atoms with Crippen LogP contribution in [0.25, 0.3) is 0 Å². The Labute approximate surface area is 70.5 Å². The van der Waals surface area contributed by atoms with E-state index in [1.54, 1.807) is 6.07 Å². The molecule has 1 aromatic rings. The zero-order valence-electron chi connectivity index (χ0n) is 6.14. The Hall–Kier alpha value is -0.510. The number of hydrogen-bond donors (Lipinski definition) is 2. The van der Waals surface area contributed by atoms with Gasteiger partial charge in [0.25, 0.3) is 0 Å². The van der Waals surface area contributed by atoms with E-state index in [1.165, 1.54) is 6.26 Å². The third-order valence-corrected chi connectivity index (χ3v) is 1.44. The van der Waals surface area contributed by atoms with Gasteiger partial charge in [0.05, 0.1) is 11.6 Å². The summed E-state index contributed by atoms with van der Waals surface area (Å²) in [5, 5.41) is 3.72. The average Bonchev–Trinajstić information content (AvgIpc) is 2.37. The molecule has 0 atom stereocenters. The molecule has 0 saturated carbocycles. The summed E-state index contributed by atoms with van der Waals surface area (Å²) in [5.41, 5.74) is 5.28. The molecule has 0 spiro atoms. The summed E-state index contributed by atoms with van der Waals surface area (Å²) in [5.74, 6) is 0.837. The minimum Gasteiger partial charge on any atom is -0.466 e. The van der Waals surface area contributed by atoms with Gasteiger partial charge < -0.3 is 15.5 Å². The molecular formula is C7H11ClN2O. The SMILES string of the molecule is NCCNCc1cc(Cl)co1. The molecule has 0 amide bonds. The van der Waals surface area contributed by atoms with E-state index in [4.69, 9.17) is 21.8 Å². The first kappa shape index (κ1) is 8.59. The lowest BCUT2D eigenvalue weighted by Gasteiger charge is -1.97. The van der Waals surface area contributed by atoms with Gasteiger partial charge in [-0.25, -0.2) is 0 Å². The molecule has 3 N–H and O–H groups in total. The van der Waals surface area contributed by atoms with Gasteiger partial charge in [0.2, 0.25) is 0 Å². The highest BCUT2D eigenvalue weighted by Gasteiger charge is 1.97. The van der Waals surface area contributed by atoms with Gasteiger partial charge in [-0.15, -0.1) is 0 Å². The average molecular weight is 175 g/mol. The molecule has 4 heteroatoms. The van der Waals surface area contributed by atoms with Crippen molar-refractivity contribution >= 4 is 11.6 Å². The quantitative estimate of drug-likeness (QED) is 0.670. The predicted molar refractivity (Wildman–Crippen MR) is 44.5 cm³/mol. The first-order valence-electron chi connectivity index (χ1n) is 3.46. The van der Waals surface area contributed by atoms with Crippen molar-refractivity contribution in [3.8, 4) is 0 Å². The maximum Gasteiger partial charge on any atom is 0.119 e. The largest absolute Gasteiger partial charge is 0.466 e. The van der Waals surface area contributed by atoms with Gasteiger partial charge in [-0.2, -0.15) is 0 Å². The zero-order chi connectivity index (χ0) is 8.10. The summed E-state index contributed by atoms with van der Waals surface area (Å²) in [6, 6.07) is 1.78. The Balaban J connectivity index is 2.27. The van der Waals surface area contributed by atoms with Crippen molar-refractivity contribution < 1.29 is 4.42 Å². The molecule has 0 aliphatic heterocycles. The van der Waals surface area contributed by atoms with Crippen LogP contribution in [0.4, 0.5) is 0 Å². The Kier molecular flexibility index (Phi) is 3.42. The third-order valence-electron chi connectivity index (χ3n) is 1.24. The number of nitrogens with two attached hydrogens (primary N) is 1. The topological polar surface area (TPSA) is 51.2 Å². The lowest BCUT2D eigenvalue weighted by Crippen LogP contribution is -2.21. The lowest BCUT2D eigenvalue weighted by molar-refractivity contribution is 0.485. The molecule has 11 heavy (non-hydrogen) atoms. The monoisotopic (exact) mass is 174 g/mol. The van der Waals surface area contributed by atoms with E-state index >= 15 is 0 Å². The Morgan fingerprint density at radius 3 is 3.00 bits per heavy atom. The Bertz CT molecular complexity index is 212. The van der Waals surface area contributed by atoms with Crippen molar-refractivity contribution in [2.45, 2.75) is 6.54 Å². The van der Waals surface area contributed by atoms with Crippen molar-refractivity contribution in [1.29, 1.82) is 0 Å². The molecule has 0 bridgehead atoms. The number of hydrogen-bond acceptors (Lipinski definition) is 3. The van der Waals surface area contributed by atoms with Gasteiger partial charge in [0.15, 0.2) is 0 Å². The first-order chi connectivity index (χ1) is 5.33. The van der Waals surface area contributed by atoms with Crippen LogP contribution in [0.5, 0.6) is 0 Å². The van der Waals surface area contributed by atoms with Crippen LogP contribution in [0.3, 0.4) is 0 Å². The number of furan rings is 1. The second kappa shape index (κ2) is 4.38. The minimum atomic E-state index is 0.633. The summed E-state index contributed by atoms with van der Waals surface area (Å²) >= 11 is 5.63. The fourth-order valence-corrected chi connectivity index (χ4v) is 0.926. The van der Waals surface area contributed by atoms with Crippen LogP contribution in [-0.4, -0.2) is 13.1 Å². The summed E-state index contributed by atoms with van der Waals surface area (Å²) < 4.78 is 5.08. The van der Waals surface area contributed by atoms with E-state index in [9.17, 15) is 0 Å². The smallest absolute Gasteiger partial charge is 0.119 e. The Morgan fingerprint density at radius 1 is 1.64 bits per heavy atom. The highest BCUT2D eigenvalue weighted by Crippen LogP contribution is 2.12. The van der Waals surface area contributed by atoms with Crippen molar-refractivity contribution in [3.63, 3.8) is 0 Å². The second-order valence-electron chi connectivity index (χ2n) is 2.20. The van der Waals surface area contributed by atoms with Crippen molar-refractivity contribution in [1.82, 2.24) is 5.32 Å². The normalized spacial score (nSPS) is 10.4. The number of nitrogens with one attached hydrogen (secondary N) is 1. The molecular weight excluding hydrogens is 164 g/mol. The second-order valence-corrected chi connectivity index (χ2v) is 2.63. The van der Waals surface area contributed by atoms with Gasteiger partial charge in [-0.1, -0.05) is 11.6 Å². The van der Waals surface area contributed by atoms with E-state index in [0.29, 0.717) is 18.1 Å². The van der Waals surface area contributed by atoms with Crippen LogP contribution >= 0.6 is 11.6 Å². The van der Waals surface area contributed by atoms with E-state index in [2.05, 4.69) is 5.32 Å². The fraction of sp³-hybridized carbons (Fsp3) is 0.429. The molecule has 0 saturated heterocycles. The maximum absolute atomic E-state index is 5.63. The zero-order valence-corrected chi connectivity index (χ0v) is 6.90. The highest BCUT2D eigenvalue weighted by atomic mass is 35.5. The Morgan fingerprint density at radius 2 is 2.45 bits per heavy atom. The van der Waals surface area contributed by atoms with Crippen LogP contribution in [0, 0.1) is 0 Å². The standard InChI is InChI=1S/C7H11ClN2O/c8-6-3-7(11-5-6)4-10-2-1-9/h3,5,10H,1-2,4,9H2. The fourth-order valence-electron chi connectivity index (χ4n) is 0.760. The molecule has 1 rings (SSSR count). The van der Waals surface area contributed by atoms with Gasteiger partial charge in [0.1, 0.15) is 12.0 Å². The van der Waals surface area contributed by atoms with Crippen LogP contribution < -0.4 is 11.1 Å². The van der Waals surface area contributed by atoms with Crippen molar-refractivity contribution in [2.24, 2.45) is 5.73 Å². The van der Waals surface area contributed by atoms with Crippen LogP contribution in [0.15, 0.2) is 16.7 Å². The van der Waals surface area contributed by atoms with Gasteiger partial charge in [-0.3, -0.25) is 0 Å². The molecule has 0 aliphatic rings. The third kappa shape index (κ3) is 2.93. The molecule has 1 aromatic heterocycles. The van der Waals surface area contributed by atoms with Crippen molar-refractivity contribution in [2.75, 3.05) is 13.1 Å². The van der Waals surface area contributed by atoms with Gasteiger partial charge >= 0.3 is 0 Å². The van der Waals surface area contributed by atoms with Crippen LogP contribution in [0.2, 0.25) is 5.02 Å². The predicted octanol–water partition coefficient (Wildman–Crippen LogP) is 0.981. The highest BCUT2D eigenvalue weighted by molar-refractivity contribution is 6.30. The maximum atomic E-state index is 5.63.